The number of benzene rings is 2. The molecule has 0 aliphatic heterocycles. The lowest BCUT2D eigenvalue weighted by atomic mass is 10.2. The van der Waals surface area contributed by atoms with Crippen LogP contribution >= 0.6 is 0 Å². The first-order valence-electron chi connectivity index (χ1n) is 7.69. The van der Waals surface area contributed by atoms with Gasteiger partial charge in [-0.3, -0.25) is 4.98 Å². The molecule has 0 unspecified atom stereocenters. The van der Waals surface area contributed by atoms with Gasteiger partial charge in [-0.1, -0.05) is 18.2 Å². The predicted octanol–water partition coefficient (Wildman–Crippen LogP) is 2.05. The van der Waals surface area contributed by atoms with Crippen molar-refractivity contribution in [2.24, 2.45) is 0 Å². The molecule has 4 rings (SSSR count). The number of nitrogens with one attached hydrogen (secondary N) is 2. The molecule has 0 fully saturated rings. The first-order valence-corrected chi connectivity index (χ1v) is 9.18. The molecule has 0 atom stereocenters. The van der Waals surface area contributed by atoms with Crippen LogP contribution in [0.25, 0.3) is 22.0 Å². The molecule has 7 nitrogen and oxygen atoms in total. The summed E-state index contributed by atoms with van der Waals surface area (Å²) in [7, 11) is -3.69. The van der Waals surface area contributed by atoms with Gasteiger partial charge in [0.1, 0.15) is 0 Å². The summed E-state index contributed by atoms with van der Waals surface area (Å²) in [6.45, 7) is 0.754. The van der Waals surface area contributed by atoms with Crippen molar-refractivity contribution in [2.45, 2.75) is 11.4 Å². The number of aromatic amines is 1. The molecule has 0 aliphatic carbocycles. The van der Waals surface area contributed by atoms with Gasteiger partial charge in [-0.2, -0.15) is 0 Å². The standard InChI is InChI=1S/C17H15N3O4S/c21-17-19-14-6-5-13(11-16(14)24-17)25(22,23)18-8-10-20-9-7-12-3-1-2-4-15(12)20/h1-7,9,11,18H,8,10H2,(H,19,21). The van der Waals surface area contributed by atoms with E-state index in [0.29, 0.717) is 12.1 Å². The molecule has 0 aliphatic rings. The number of H-pyrrole nitrogens is 1. The van der Waals surface area contributed by atoms with E-state index < -0.39 is 15.8 Å². The third kappa shape index (κ3) is 2.97. The van der Waals surface area contributed by atoms with Crippen LogP contribution in [0.5, 0.6) is 0 Å². The Labute approximate surface area is 142 Å². The van der Waals surface area contributed by atoms with Crippen LogP contribution in [0.3, 0.4) is 0 Å². The molecule has 0 spiro atoms. The van der Waals surface area contributed by atoms with Crippen molar-refractivity contribution in [1.29, 1.82) is 0 Å². The minimum absolute atomic E-state index is 0.0557. The van der Waals surface area contributed by atoms with E-state index in [0.717, 1.165) is 10.9 Å². The zero-order valence-electron chi connectivity index (χ0n) is 13.1. The lowest BCUT2D eigenvalue weighted by Crippen LogP contribution is -2.27. The topological polar surface area (TPSA) is 97.1 Å². The fraction of sp³-hybridized carbons (Fsp3) is 0.118. The van der Waals surface area contributed by atoms with Crippen LogP contribution in [0.1, 0.15) is 0 Å². The van der Waals surface area contributed by atoms with E-state index in [1.165, 1.54) is 18.2 Å². The van der Waals surface area contributed by atoms with Crippen LogP contribution in [0.15, 0.2) is 68.8 Å². The molecule has 25 heavy (non-hydrogen) atoms. The Balaban J connectivity index is 1.51. The zero-order valence-corrected chi connectivity index (χ0v) is 13.9. The second kappa shape index (κ2) is 5.91. The van der Waals surface area contributed by atoms with Crippen LogP contribution in [0.4, 0.5) is 0 Å². The summed E-state index contributed by atoms with van der Waals surface area (Å²) in [5, 5.41) is 1.11. The van der Waals surface area contributed by atoms with Gasteiger partial charge >= 0.3 is 5.76 Å². The largest absolute Gasteiger partial charge is 0.417 e. The smallest absolute Gasteiger partial charge is 0.408 e. The molecule has 0 radical (unpaired) electrons. The number of aromatic nitrogens is 2. The first kappa shape index (κ1) is 15.7. The van der Waals surface area contributed by atoms with E-state index in [-0.39, 0.29) is 17.0 Å². The summed E-state index contributed by atoms with van der Waals surface area (Å²) < 4.78 is 34.3. The summed E-state index contributed by atoms with van der Waals surface area (Å²) in [5.74, 6) is -0.614. The number of para-hydroxylation sites is 1. The van der Waals surface area contributed by atoms with Crippen molar-refractivity contribution in [3.8, 4) is 0 Å². The quantitative estimate of drug-likeness (QED) is 0.571. The second-order valence-electron chi connectivity index (χ2n) is 5.64. The van der Waals surface area contributed by atoms with Gasteiger partial charge in [0.2, 0.25) is 10.0 Å². The van der Waals surface area contributed by atoms with E-state index in [1.807, 2.05) is 41.1 Å². The SMILES string of the molecule is O=c1[nH]c2ccc(S(=O)(=O)NCCn3ccc4ccccc43)cc2o1. The number of oxazole rings is 1. The Kier molecular flexibility index (Phi) is 3.70. The molecular formula is C17H15N3O4S. The number of hydrogen-bond acceptors (Lipinski definition) is 4. The molecule has 2 aromatic heterocycles. The Morgan fingerprint density at radius 3 is 2.84 bits per heavy atom. The van der Waals surface area contributed by atoms with Gasteiger partial charge in [-0.05, 0) is 29.7 Å². The van der Waals surface area contributed by atoms with Crippen molar-refractivity contribution in [3.63, 3.8) is 0 Å². The van der Waals surface area contributed by atoms with E-state index >= 15 is 0 Å². The number of rotatable bonds is 5. The summed E-state index contributed by atoms with van der Waals surface area (Å²) in [4.78, 5) is 13.7. The van der Waals surface area contributed by atoms with E-state index in [2.05, 4.69) is 9.71 Å². The molecule has 2 aromatic carbocycles. The minimum Gasteiger partial charge on any atom is -0.408 e. The molecule has 0 saturated carbocycles. The van der Waals surface area contributed by atoms with E-state index in [4.69, 9.17) is 4.42 Å². The third-order valence-corrected chi connectivity index (χ3v) is 5.49. The lowest BCUT2D eigenvalue weighted by Gasteiger charge is -2.08. The summed E-state index contributed by atoms with van der Waals surface area (Å²) in [5.41, 5.74) is 1.73. The van der Waals surface area contributed by atoms with Crippen LogP contribution in [-0.4, -0.2) is 24.5 Å². The summed E-state index contributed by atoms with van der Waals surface area (Å²) in [6.07, 6.45) is 1.93. The summed E-state index contributed by atoms with van der Waals surface area (Å²) >= 11 is 0. The second-order valence-corrected chi connectivity index (χ2v) is 7.41. The fourth-order valence-corrected chi connectivity index (χ4v) is 3.85. The maximum absolute atomic E-state index is 12.4. The van der Waals surface area contributed by atoms with E-state index in [1.54, 1.807) is 0 Å². The van der Waals surface area contributed by atoms with Gasteiger partial charge in [-0.25, -0.2) is 17.9 Å². The number of hydrogen-bond donors (Lipinski definition) is 2. The van der Waals surface area contributed by atoms with Crippen molar-refractivity contribution >= 4 is 32.0 Å². The highest BCUT2D eigenvalue weighted by atomic mass is 32.2. The van der Waals surface area contributed by atoms with Crippen LogP contribution in [-0.2, 0) is 16.6 Å². The Bertz CT molecular complexity index is 1220. The molecule has 4 aromatic rings. The zero-order chi connectivity index (χ0) is 17.4. The highest BCUT2D eigenvalue weighted by molar-refractivity contribution is 7.89. The number of sulfonamides is 1. The minimum atomic E-state index is -3.69. The van der Waals surface area contributed by atoms with Gasteiger partial charge in [-0.15, -0.1) is 0 Å². The Hall–Kier alpha value is -2.84. The normalized spacial score (nSPS) is 12.2. The third-order valence-electron chi connectivity index (χ3n) is 4.03. The Morgan fingerprint density at radius 2 is 1.96 bits per heavy atom. The molecule has 128 valence electrons. The van der Waals surface area contributed by atoms with Crippen molar-refractivity contribution in [1.82, 2.24) is 14.3 Å². The molecular weight excluding hydrogens is 342 g/mol. The highest BCUT2D eigenvalue weighted by Crippen LogP contribution is 2.17. The average Bonchev–Trinajstić information content (AvgIpc) is 3.16. The van der Waals surface area contributed by atoms with E-state index in [9.17, 15) is 13.2 Å². The monoisotopic (exact) mass is 357 g/mol. The highest BCUT2D eigenvalue weighted by Gasteiger charge is 2.15. The van der Waals surface area contributed by atoms with Crippen LogP contribution in [0, 0.1) is 0 Å². The first-order chi connectivity index (χ1) is 12.0. The molecule has 2 heterocycles. The predicted molar refractivity (Wildman–Crippen MR) is 94.0 cm³/mol. The number of fused-ring (bicyclic) bond motifs is 2. The Morgan fingerprint density at radius 1 is 1.12 bits per heavy atom. The van der Waals surface area contributed by atoms with Crippen molar-refractivity contribution in [2.75, 3.05) is 6.54 Å². The van der Waals surface area contributed by atoms with Crippen LogP contribution < -0.4 is 10.5 Å². The maximum atomic E-state index is 12.4. The molecule has 8 heteroatoms. The maximum Gasteiger partial charge on any atom is 0.417 e. The van der Waals surface area contributed by atoms with Gasteiger partial charge in [0.15, 0.2) is 5.58 Å². The average molecular weight is 357 g/mol. The van der Waals surface area contributed by atoms with Crippen molar-refractivity contribution in [3.05, 3.63) is 65.3 Å². The summed E-state index contributed by atoms with van der Waals surface area (Å²) in [6, 6.07) is 14.2. The molecule has 0 bridgehead atoms. The fourth-order valence-electron chi connectivity index (χ4n) is 2.81. The number of nitrogens with zero attached hydrogens (tertiary/aromatic N) is 1. The van der Waals surface area contributed by atoms with Crippen LogP contribution in [0.2, 0.25) is 0 Å². The van der Waals surface area contributed by atoms with Gasteiger partial charge in [0.05, 0.1) is 10.4 Å². The molecule has 2 N–H and O–H groups in total. The molecule has 0 saturated heterocycles. The molecule has 0 amide bonds. The van der Waals surface area contributed by atoms with Gasteiger partial charge < -0.3 is 8.98 Å². The van der Waals surface area contributed by atoms with Gasteiger partial charge in [0, 0.05) is 30.9 Å². The van der Waals surface area contributed by atoms with Gasteiger partial charge in [0.25, 0.3) is 0 Å². The lowest BCUT2D eigenvalue weighted by molar-refractivity contribution is 0.553. The van der Waals surface area contributed by atoms with Crippen molar-refractivity contribution < 1.29 is 12.8 Å².